The predicted molar refractivity (Wildman–Crippen MR) is 106 cm³/mol. The zero-order valence-electron chi connectivity index (χ0n) is 16.3. The average molecular weight is 404 g/mol. The number of hydroxylamine groups is 1. The fraction of sp³-hybridized carbons (Fsp3) is 0.500. The number of hydrogen-bond donors (Lipinski definition) is 5. The summed E-state index contributed by atoms with van der Waals surface area (Å²) in [6.07, 6.45) is 4.01. The second-order valence-electron chi connectivity index (χ2n) is 7.06. The first-order chi connectivity index (χ1) is 14.0. The molecular formula is C20H28N4O5. The smallest absolute Gasteiger partial charge is 0.246 e. The molecule has 0 radical (unpaired) electrons. The maximum Gasteiger partial charge on any atom is 0.246 e. The van der Waals surface area contributed by atoms with Crippen molar-refractivity contribution < 1.29 is 24.4 Å². The third-order valence-corrected chi connectivity index (χ3v) is 4.74. The Morgan fingerprint density at radius 2 is 1.90 bits per heavy atom. The molecule has 2 rings (SSSR count). The van der Waals surface area contributed by atoms with Crippen molar-refractivity contribution in [3.8, 4) is 0 Å². The van der Waals surface area contributed by atoms with Gasteiger partial charge in [-0.3, -0.25) is 24.4 Å². The van der Waals surface area contributed by atoms with E-state index in [-0.39, 0.29) is 24.1 Å². The Balaban J connectivity index is 1.92. The summed E-state index contributed by atoms with van der Waals surface area (Å²) in [5.41, 5.74) is 2.21. The third kappa shape index (κ3) is 7.90. The molecule has 1 aliphatic heterocycles. The highest BCUT2D eigenvalue weighted by Gasteiger charge is 2.28. The van der Waals surface area contributed by atoms with Crippen molar-refractivity contribution in [1.82, 2.24) is 16.1 Å². The van der Waals surface area contributed by atoms with E-state index in [4.69, 9.17) is 5.21 Å². The van der Waals surface area contributed by atoms with Crippen LogP contribution < -0.4 is 21.4 Å². The molecule has 0 spiro atoms. The molecule has 1 aliphatic rings. The standard InChI is InChI=1S/C20H28N4O5/c25-17-13-7-11-15(22-17)20(28)23-16(10-5-2-6-12-18(26)24-29)19(27)21-14-8-3-1-4-9-14/h1,3-4,8-9,15-16,29H,2,5-7,10-13H2,(H,21,27)(H,22,25)(H,23,28)(H,24,26)/t15-,16-/m0/s1. The zero-order valence-corrected chi connectivity index (χ0v) is 16.3. The Hall–Kier alpha value is -2.94. The minimum absolute atomic E-state index is 0.163. The van der Waals surface area contributed by atoms with E-state index in [1.54, 1.807) is 29.7 Å². The van der Waals surface area contributed by atoms with Crippen molar-refractivity contribution in [2.24, 2.45) is 0 Å². The Morgan fingerprint density at radius 1 is 1.14 bits per heavy atom. The Labute approximate surface area is 169 Å². The molecule has 5 N–H and O–H groups in total. The van der Waals surface area contributed by atoms with E-state index < -0.39 is 18.0 Å². The monoisotopic (exact) mass is 404 g/mol. The molecule has 2 atom stereocenters. The van der Waals surface area contributed by atoms with Gasteiger partial charge in [-0.15, -0.1) is 0 Å². The van der Waals surface area contributed by atoms with Gasteiger partial charge >= 0.3 is 0 Å². The fourth-order valence-electron chi connectivity index (χ4n) is 3.16. The van der Waals surface area contributed by atoms with Gasteiger partial charge in [-0.25, -0.2) is 5.48 Å². The zero-order chi connectivity index (χ0) is 21.1. The molecule has 0 saturated carbocycles. The van der Waals surface area contributed by atoms with E-state index in [1.165, 1.54) is 0 Å². The van der Waals surface area contributed by atoms with Gasteiger partial charge in [0, 0.05) is 18.5 Å². The van der Waals surface area contributed by atoms with E-state index in [2.05, 4.69) is 16.0 Å². The highest BCUT2D eigenvalue weighted by molar-refractivity contribution is 5.98. The van der Waals surface area contributed by atoms with Gasteiger partial charge in [-0.05, 0) is 37.8 Å². The summed E-state index contributed by atoms with van der Waals surface area (Å²) in [5.74, 6) is -1.32. The Bertz CT molecular complexity index is 710. The van der Waals surface area contributed by atoms with Crippen LogP contribution in [0.3, 0.4) is 0 Å². The SMILES string of the molecule is O=C(CCCCC[C@H](NC(=O)[C@@H]1CCCC(=O)N1)C(=O)Nc1ccccc1)NO. The lowest BCUT2D eigenvalue weighted by Gasteiger charge is -2.25. The summed E-state index contributed by atoms with van der Waals surface area (Å²) < 4.78 is 0. The van der Waals surface area contributed by atoms with Gasteiger partial charge in [-0.2, -0.15) is 0 Å². The lowest BCUT2D eigenvalue weighted by Crippen LogP contribution is -2.53. The molecule has 158 valence electrons. The number of benzene rings is 1. The number of amides is 4. The maximum atomic E-state index is 12.7. The van der Waals surface area contributed by atoms with E-state index >= 15 is 0 Å². The lowest BCUT2D eigenvalue weighted by molar-refractivity contribution is -0.132. The number of carbonyl (C=O) groups excluding carboxylic acids is 4. The van der Waals surface area contributed by atoms with Gasteiger partial charge in [0.15, 0.2) is 0 Å². The molecule has 0 aliphatic carbocycles. The highest BCUT2D eigenvalue weighted by atomic mass is 16.5. The molecule has 4 amide bonds. The first kappa shape index (κ1) is 22.4. The van der Waals surface area contributed by atoms with Crippen LogP contribution in [0.1, 0.15) is 51.4 Å². The summed E-state index contributed by atoms with van der Waals surface area (Å²) in [6, 6.07) is 7.56. The van der Waals surface area contributed by atoms with Crippen LogP contribution in [0, 0.1) is 0 Å². The van der Waals surface area contributed by atoms with Crippen LogP contribution in [0.15, 0.2) is 30.3 Å². The molecule has 1 aromatic rings. The molecule has 0 aromatic heterocycles. The number of anilines is 1. The van der Waals surface area contributed by atoms with Crippen LogP contribution in [0.5, 0.6) is 0 Å². The second kappa shape index (κ2) is 11.8. The largest absolute Gasteiger partial charge is 0.344 e. The molecule has 0 bridgehead atoms. The van der Waals surface area contributed by atoms with Gasteiger partial charge in [-0.1, -0.05) is 31.0 Å². The van der Waals surface area contributed by atoms with E-state index in [0.29, 0.717) is 50.6 Å². The molecule has 9 nitrogen and oxygen atoms in total. The summed E-state index contributed by atoms with van der Waals surface area (Å²) in [7, 11) is 0. The number of para-hydroxylation sites is 1. The van der Waals surface area contributed by atoms with E-state index in [9.17, 15) is 19.2 Å². The quantitative estimate of drug-likeness (QED) is 0.227. The maximum absolute atomic E-state index is 12.7. The summed E-state index contributed by atoms with van der Waals surface area (Å²) >= 11 is 0. The van der Waals surface area contributed by atoms with Crippen LogP contribution >= 0.6 is 0 Å². The van der Waals surface area contributed by atoms with Crippen molar-refractivity contribution in [3.05, 3.63) is 30.3 Å². The van der Waals surface area contributed by atoms with Crippen LogP contribution in [0.2, 0.25) is 0 Å². The molecule has 1 heterocycles. The molecular weight excluding hydrogens is 376 g/mol. The van der Waals surface area contributed by atoms with E-state index in [0.717, 1.165) is 0 Å². The number of hydrogen-bond acceptors (Lipinski definition) is 5. The molecule has 9 heteroatoms. The number of unbranched alkanes of at least 4 members (excludes halogenated alkanes) is 2. The van der Waals surface area contributed by atoms with Gasteiger partial charge < -0.3 is 16.0 Å². The van der Waals surface area contributed by atoms with Gasteiger partial charge in [0.2, 0.25) is 23.6 Å². The Kier molecular flexibility index (Phi) is 9.10. The fourth-order valence-corrected chi connectivity index (χ4v) is 3.16. The third-order valence-electron chi connectivity index (χ3n) is 4.74. The first-order valence-electron chi connectivity index (χ1n) is 9.88. The van der Waals surface area contributed by atoms with Gasteiger partial charge in [0.1, 0.15) is 12.1 Å². The molecule has 1 aromatic carbocycles. The minimum atomic E-state index is -0.756. The number of carbonyl (C=O) groups is 4. The van der Waals surface area contributed by atoms with Crippen LogP contribution in [-0.4, -0.2) is 40.9 Å². The minimum Gasteiger partial charge on any atom is -0.344 e. The molecule has 1 fully saturated rings. The first-order valence-corrected chi connectivity index (χ1v) is 9.88. The lowest BCUT2D eigenvalue weighted by atomic mass is 10.0. The summed E-state index contributed by atoms with van der Waals surface area (Å²) in [4.78, 5) is 47.8. The summed E-state index contributed by atoms with van der Waals surface area (Å²) in [6.45, 7) is 0. The van der Waals surface area contributed by atoms with Crippen LogP contribution in [0.4, 0.5) is 5.69 Å². The molecule has 1 saturated heterocycles. The number of rotatable bonds is 10. The van der Waals surface area contributed by atoms with Crippen molar-refractivity contribution in [2.75, 3.05) is 5.32 Å². The van der Waals surface area contributed by atoms with Crippen molar-refractivity contribution >= 4 is 29.3 Å². The molecule has 29 heavy (non-hydrogen) atoms. The highest BCUT2D eigenvalue weighted by Crippen LogP contribution is 2.12. The normalized spacial score (nSPS) is 17.0. The topological polar surface area (TPSA) is 137 Å². The number of piperidine rings is 1. The van der Waals surface area contributed by atoms with Crippen molar-refractivity contribution in [2.45, 2.75) is 63.5 Å². The number of nitrogens with one attached hydrogen (secondary N) is 4. The van der Waals surface area contributed by atoms with Crippen LogP contribution in [-0.2, 0) is 19.2 Å². The predicted octanol–water partition coefficient (Wildman–Crippen LogP) is 1.23. The Morgan fingerprint density at radius 3 is 2.59 bits per heavy atom. The molecule has 0 unspecified atom stereocenters. The second-order valence-corrected chi connectivity index (χ2v) is 7.06. The van der Waals surface area contributed by atoms with Crippen molar-refractivity contribution in [1.29, 1.82) is 0 Å². The van der Waals surface area contributed by atoms with E-state index in [1.807, 2.05) is 6.07 Å². The van der Waals surface area contributed by atoms with Crippen LogP contribution in [0.25, 0.3) is 0 Å². The van der Waals surface area contributed by atoms with Gasteiger partial charge in [0.05, 0.1) is 0 Å². The average Bonchev–Trinajstić information content (AvgIpc) is 2.73. The van der Waals surface area contributed by atoms with Gasteiger partial charge in [0.25, 0.3) is 0 Å². The summed E-state index contributed by atoms with van der Waals surface area (Å²) in [5, 5.41) is 16.7. The van der Waals surface area contributed by atoms with Crippen molar-refractivity contribution in [3.63, 3.8) is 0 Å².